The summed E-state index contributed by atoms with van der Waals surface area (Å²) in [5, 5.41) is 3.17. The van der Waals surface area contributed by atoms with Crippen molar-refractivity contribution < 1.29 is 27.8 Å². The summed E-state index contributed by atoms with van der Waals surface area (Å²) in [5.41, 5.74) is 0.328. The van der Waals surface area contributed by atoms with E-state index in [1.54, 1.807) is 9.80 Å². The number of benzene rings is 1. The zero-order chi connectivity index (χ0) is 26.0. The van der Waals surface area contributed by atoms with Crippen molar-refractivity contribution >= 4 is 12.0 Å². The fraction of sp³-hybridized carbons (Fsp3) is 0.538. The molecule has 0 bridgehead atoms. The fourth-order valence-electron chi connectivity index (χ4n) is 4.50. The SMILES string of the molecule is CC1(OC(=O)N2CCC(COc3c(F)cc(-c4cnc(C(=O)N5CCNCC5)nc4)cc3F)CC2)CC1. The Kier molecular flexibility index (Phi) is 7.23. The number of hydrogen-bond acceptors (Lipinski definition) is 7. The van der Waals surface area contributed by atoms with Gasteiger partial charge in [-0.3, -0.25) is 4.79 Å². The summed E-state index contributed by atoms with van der Waals surface area (Å²) in [4.78, 5) is 36.3. The molecule has 2 saturated heterocycles. The van der Waals surface area contributed by atoms with Gasteiger partial charge >= 0.3 is 6.09 Å². The molecule has 3 fully saturated rings. The lowest BCUT2D eigenvalue weighted by molar-refractivity contribution is 0.0453. The second-order valence-corrected chi connectivity index (χ2v) is 10.2. The number of likely N-dealkylation sites (tertiary alicyclic amines) is 1. The molecule has 1 aromatic carbocycles. The van der Waals surface area contributed by atoms with Gasteiger partial charge in [-0.1, -0.05) is 0 Å². The number of halogens is 2. The smallest absolute Gasteiger partial charge is 0.410 e. The highest BCUT2D eigenvalue weighted by Gasteiger charge is 2.43. The van der Waals surface area contributed by atoms with Crippen molar-refractivity contribution in [2.45, 2.75) is 38.2 Å². The van der Waals surface area contributed by atoms with Crippen LogP contribution in [0.1, 0.15) is 43.2 Å². The molecule has 1 aliphatic carbocycles. The number of nitrogens with zero attached hydrogens (tertiary/aromatic N) is 4. The molecule has 3 heterocycles. The maximum atomic E-state index is 14.8. The van der Waals surface area contributed by atoms with Crippen LogP contribution in [0.25, 0.3) is 11.1 Å². The first kappa shape index (κ1) is 25.3. The third-order valence-electron chi connectivity index (χ3n) is 7.20. The van der Waals surface area contributed by atoms with Gasteiger partial charge in [0.25, 0.3) is 5.91 Å². The van der Waals surface area contributed by atoms with Crippen molar-refractivity contribution in [1.82, 2.24) is 25.1 Å². The molecule has 0 unspecified atom stereocenters. The Morgan fingerprint density at radius 3 is 2.22 bits per heavy atom. The molecule has 1 aromatic heterocycles. The average Bonchev–Trinajstić information content (AvgIpc) is 3.64. The molecule has 0 spiro atoms. The highest BCUT2D eigenvalue weighted by molar-refractivity contribution is 5.90. The van der Waals surface area contributed by atoms with Crippen molar-refractivity contribution in [2.75, 3.05) is 45.9 Å². The molecule has 2 aliphatic heterocycles. The van der Waals surface area contributed by atoms with E-state index in [4.69, 9.17) is 9.47 Å². The van der Waals surface area contributed by atoms with E-state index in [9.17, 15) is 18.4 Å². The number of hydrogen-bond donors (Lipinski definition) is 1. The minimum absolute atomic E-state index is 0.0487. The van der Waals surface area contributed by atoms with Gasteiger partial charge in [0.2, 0.25) is 5.82 Å². The maximum Gasteiger partial charge on any atom is 0.410 e. The molecule has 0 radical (unpaired) electrons. The van der Waals surface area contributed by atoms with Gasteiger partial charge in [0.05, 0.1) is 6.61 Å². The van der Waals surface area contributed by atoms with E-state index in [2.05, 4.69) is 15.3 Å². The number of amides is 2. The van der Waals surface area contributed by atoms with Gasteiger partial charge in [-0.05, 0) is 56.2 Å². The Hall–Kier alpha value is -3.34. The number of piperazine rings is 1. The summed E-state index contributed by atoms with van der Waals surface area (Å²) in [6, 6.07) is 2.35. The molecule has 3 aliphatic rings. The van der Waals surface area contributed by atoms with Gasteiger partial charge in [-0.25, -0.2) is 23.5 Å². The third-order valence-corrected chi connectivity index (χ3v) is 7.20. The molecule has 1 saturated carbocycles. The Balaban J connectivity index is 1.15. The van der Waals surface area contributed by atoms with Crippen LogP contribution in [0, 0.1) is 17.6 Å². The second-order valence-electron chi connectivity index (χ2n) is 10.2. The first-order chi connectivity index (χ1) is 17.8. The van der Waals surface area contributed by atoms with Crippen LogP contribution in [0.3, 0.4) is 0 Å². The largest absolute Gasteiger partial charge is 0.487 e. The summed E-state index contributed by atoms with van der Waals surface area (Å²) in [7, 11) is 0. The molecule has 5 rings (SSSR count). The summed E-state index contributed by atoms with van der Waals surface area (Å²) in [6.45, 7) is 5.71. The van der Waals surface area contributed by atoms with Crippen LogP contribution < -0.4 is 10.1 Å². The van der Waals surface area contributed by atoms with Crippen molar-refractivity contribution in [2.24, 2.45) is 5.92 Å². The standard InChI is InChI=1S/C26H31F2N5O4/c1-26(4-5-26)37-25(35)33-8-2-17(3-9-33)16-36-22-20(27)12-18(13-21(22)28)19-14-30-23(31-15-19)24(34)32-10-6-29-7-11-32/h12-15,17,29H,2-11,16H2,1H3. The third kappa shape index (κ3) is 5.98. The van der Waals surface area contributed by atoms with Gasteiger partial charge in [-0.15, -0.1) is 0 Å². The molecule has 37 heavy (non-hydrogen) atoms. The highest BCUT2D eigenvalue weighted by Crippen LogP contribution is 2.39. The topological polar surface area (TPSA) is 96.9 Å². The Labute approximate surface area is 214 Å². The second kappa shape index (κ2) is 10.6. The monoisotopic (exact) mass is 515 g/mol. The minimum Gasteiger partial charge on any atom is -0.487 e. The van der Waals surface area contributed by atoms with E-state index in [0.717, 1.165) is 12.8 Å². The van der Waals surface area contributed by atoms with Crippen molar-refractivity contribution in [1.29, 1.82) is 0 Å². The zero-order valence-electron chi connectivity index (χ0n) is 20.8. The van der Waals surface area contributed by atoms with Crippen LogP contribution in [0.2, 0.25) is 0 Å². The van der Waals surface area contributed by atoms with Crippen LogP contribution in [-0.2, 0) is 4.74 Å². The summed E-state index contributed by atoms with van der Waals surface area (Å²) in [6.07, 6.45) is 5.62. The molecule has 1 N–H and O–H groups in total. The van der Waals surface area contributed by atoms with Gasteiger partial charge in [-0.2, -0.15) is 0 Å². The molecule has 2 aromatic rings. The molecule has 2 amide bonds. The van der Waals surface area contributed by atoms with Crippen molar-refractivity contribution in [3.63, 3.8) is 0 Å². The number of ether oxygens (including phenoxy) is 2. The lowest BCUT2D eigenvalue weighted by atomic mass is 9.98. The lowest BCUT2D eigenvalue weighted by Crippen LogP contribution is -2.46. The van der Waals surface area contributed by atoms with Crippen molar-refractivity contribution in [3.8, 4) is 16.9 Å². The molecule has 0 atom stereocenters. The predicted molar refractivity (Wildman–Crippen MR) is 130 cm³/mol. The van der Waals surface area contributed by atoms with E-state index in [1.165, 1.54) is 24.5 Å². The van der Waals surface area contributed by atoms with E-state index >= 15 is 0 Å². The van der Waals surface area contributed by atoms with Gasteiger partial charge in [0, 0.05) is 57.2 Å². The van der Waals surface area contributed by atoms with Crippen LogP contribution in [0.15, 0.2) is 24.5 Å². The zero-order valence-corrected chi connectivity index (χ0v) is 20.8. The molecule has 11 heteroatoms. The normalized spacial score (nSPS) is 19.4. The Morgan fingerprint density at radius 1 is 1.00 bits per heavy atom. The predicted octanol–water partition coefficient (Wildman–Crippen LogP) is 3.25. The number of aromatic nitrogens is 2. The first-order valence-electron chi connectivity index (χ1n) is 12.7. The first-order valence-corrected chi connectivity index (χ1v) is 12.7. The van der Waals surface area contributed by atoms with Gasteiger partial charge < -0.3 is 24.6 Å². The fourth-order valence-corrected chi connectivity index (χ4v) is 4.50. The maximum absolute atomic E-state index is 14.8. The van der Waals surface area contributed by atoms with Gasteiger partial charge in [0.15, 0.2) is 17.4 Å². The molecule has 9 nitrogen and oxygen atoms in total. The Morgan fingerprint density at radius 2 is 1.62 bits per heavy atom. The highest BCUT2D eigenvalue weighted by atomic mass is 19.1. The van der Waals surface area contributed by atoms with E-state index in [0.29, 0.717) is 57.7 Å². The number of carbonyl (C=O) groups excluding carboxylic acids is 2. The molecular formula is C26H31F2N5O4. The van der Waals surface area contributed by atoms with E-state index in [-0.39, 0.29) is 41.5 Å². The number of piperidine rings is 1. The average molecular weight is 516 g/mol. The molecule has 198 valence electrons. The number of carbonyl (C=O) groups is 2. The van der Waals surface area contributed by atoms with Crippen molar-refractivity contribution in [3.05, 3.63) is 42.0 Å². The quantitative estimate of drug-likeness (QED) is 0.631. The van der Waals surface area contributed by atoms with E-state index < -0.39 is 17.4 Å². The van der Waals surface area contributed by atoms with Gasteiger partial charge in [0.1, 0.15) is 5.60 Å². The molecular weight excluding hydrogens is 484 g/mol. The van der Waals surface area contributed by atoms with Crippen LogP contribution in [-0.4, -0.2) is 83.2 Å². The lowest BCUT2D eigenvalue weighted by Gasteiger charge is -2.32. The number of nitrogens with one attached hydrogen (secondary N) is 1. The van der Waals surface area contributed by atoms with Crippen LogP contribution in [0.4, 0.5) is 13.6 Å². The van der Waals surface area contributed by atoms with E-state index in [1.807, 2.05) is 6.92 Å². The van der Waals surface area contributed by atoms with Crippen LogP contribution >= 0.6 is 0 Å². The number of rotatable bonds is 6. The summed E-state index contributed by atoms with van der Waals surface area (Å²) < 4.78 is 40.6. The summed E-state index contributed by atoms with van der Waals surface area (Å²) >= 11 is 0. The summed E-state index contributed by atoms with van der Waals surface area (Å²) in [5.74, 6) is -2.22. The Bertz CT molecular complexity index is 1120. The van der Waals surface area contributed by atoms with Crippen LogP contribution in [0.5, 0.6) is 5.75 Å². The minimum atomic E-state index is -0.824.